The van der Waals surface area contributed by atoms with E-state index < -0.39 is 0 Å². The van der Waals surface area contributed by atoms with Gasteiger partial charge in [-0.05, 0) is 31.2 Å². The standard InChI is InChI=1S/C15H16ClN5/c1-2-20-8-4-5-12(20)9-18-14-7-3-6-13(16)15(14)21-11-17-10-19-21/h3-8,10-11,18H,2,9H2,1H3. The van der Waals surface area contributed by atoms with Crippen LogP contribution in [0, 0.1) is 0 Å². The van der Waals surface area contributed by atoms with E-state index in [1.165, 1.54) is 12.0 Å². The molecule has 0 aliphatic carbocycles. The Kier molecular flexibility index (Phi) is 3.92. The zero-order chi connectivity index (χ0) is 14.7. The summed E-state index contributed by atoms with van der Waals surface area (Å²) in [6.45, 7) is 3.81. The van der Waals surface area contributed by atoms with Gasteiger partial charge >= 0.3 is 0 Å². The van der Waals surface area contributed by atoms with Crippen molar-refractivity contribution in [3.8, 4) is 5.69 Å². The van der Waals surface area contributed by atoms with E-state index in [0.717, 1.165) is 24.5 Å². The third kappa shape index (κ3) is 2.78. The molecule has 0 bridgehead atoms. The Labute approximate surface area is 128 Å². The van der Waals surface area contributed by atoms with Crippen LogP contribution in [0.1, 0.15) is 12.6 Å². The number of para-hydroxylation sites is 1. The van der Waals surface area contributed by atoms with E-state index in [9.17, 15) is 0 Å². The van der Waals surface area contributed by atoms with Gasteiger partial charge in [0.1, 0.15) is 18.3 Å². The van der Waals surface area contributed by atoms with Gasteiger partial charge in [-0.15, -0.1) is 0 Å². The van der Waals surface area contributed by atoms with Gasteiger partial charge in [0.2, 0.25) is 0 Å². The van der Waals surface area contributed by atoms with Crippen LogP contribution in [0.2, 0.25) is 5.02 Å². The van der Waals surface area contributed by atoms with Crippen LogP contribution in [0.5, 0.6) is 0 Å². The van der Waals surface area contributed by atoms with E-state index in [1.807, 2.05) is 18.2 Å². The number of benzene rings is 1. The van der Waals surface area contributed by atoms with Gasteiger partial charge in [0.15, 0.2) is 0 Å². The molecule has 3 rings (SSSR count). The molecule has 6 heteroatoms. The van der Waals surface area contributed by atoms with Crippen LogP contribution in [0.4, 0.5) is 5.69 Å². The Morgan fingerprint density at radius 2 is 2.14 bits per heavy atom. The molecule has 0 aliphatic heterocycles. The average Bonchev–Trinajstić information content (AvgIpc) is 3.16. The van der Waals surface area contributed by atoms with Crippen LogP contribution in [0.3, 0.4) is 0 Å². The van der Waals surface area contributed by atoms with Crippen LogP contribution in [0.15, 0.2) is 49.2 Å². The summed E-state index contributed by atoms with van der Waals surface area (Å²) in [5.41, 5.74) is 2.96. The van der Waals surface area contributed by atoms with E-state index in [4.69, 9.17) is 11.6 Å². The first-order chi connectivity index (χ1) is 10.3. The van der Waals surface area contributed by atoms with Gasteiger partial charge in [-0.2, -0.15) is 5.10 Å². The van der Waals surface area contributed by atoms with E-state index in [0.29, 0.717) is 5.02 Å². The maximum atomic E-state index is 6.31. The minimum atomic E-state index is 0.636. The molecule has 0 saturated heterocycles. The Morgan fingerprint density at radius 3 is 2.90 bits per heavy atom. The fourth-order valence-electron chi connectivity index (χ4n) is 2.32. The summed E-state index contributed by atoms with van der Waals surface area (Å²) in [5, 5.41) is 8.22. The molecule has 0 unspecified atom stereocenters. The lowest BCUT2D eigenvalue weighted by atomic mass is 10.2. The normalized spacial score (nSPS) is 10.8. The minimum absolute atomic E-state index is 0.636. The fourth-order valence-corrected chi connectivity index (χ4v) is 2.58. The number of aryl methyl sites for hydroxylation is 1. The van der Waals surface area contributed by atoms with E-state index in [2.05, 4.69) is 45.2 Å². The van der Waals surface area contributed by atoms with E-state index in [-0.39, 0.29) is 0 Å². The highest BCUT2D eigenvalue weighted by Gasteiger charge is 2.10. The second kappa shape index (κ2) is 6.01. The van der Waals surface area contributed by atoms with Gasteiger partial charge in [0, 0.05) is 18.4 Å². The van der Waals surface area contributed by atoms with Crippen molar-refractivity contribution in [2.45, 2.75) is 20.0 Å². The highest BCUT2D eigenvalue weighted by atomic mass is 35.5. The quantitative estimate of drug-likeness (QED) is 0.786. The molecular weight excluding hydrogens is 286 g/mol. The van der Waals surface area contributed by atoms with Crippen LogP contribution >= 0.6 is 11.6 Å². The first-order valence-electron chi connectivity index (χ1n) is 6.81. The number of anilines is 1. The highest BCUT2D eigenvalue weighted by Crippen LogP contribution is 2.28. The zero-order valence-electron chi connectivity index (χ0n) is 11.7. The number of halogens is 1. The monoisotopic (exact) mass is 301 g/mol. The number of hydrogen-bond acceptors (Lipinski definition) is 3. The topological polar surface area (TPSA) is 47.7 Å². The Balaban J connectivity index is 1.88. The average molecular weight is 302 g/mol. The van der Waals surface area contributed by atoms with Crippen molar-refractivity contribution in [1.82, 2.24) is 19.3 Å². The zero-order valence-corrected chi connectivity index (χ0v) is 12.5. The lowest BCUT2D eigenvalue weighted by Gasteiger charge is -2.14. The highest BCUT2D eigenvalue weighted by molar-refractivity contribution is 6.33. The van der Waals surface area contributed by atoms with Gasteiger partial charge in [-0.1, -0.05) is 17.7 Å². The van der Waals surface area contributed by atoms with Crippen molar-refractivity contribution in [2.75, 3.05) is 5.32 Å². The summed E-state index contributed by atoms with van der Waals surface area (Å²) in [6.07, 6.45) is 5.21. The van der Waals surface area contributed by atoms with E-state index in [1.54, 1.807) is 11.0 Å². The van der Waals surface area contributed by atoms with Crippen LogP contribution in [0.25, 0.3) is 5.69 Å². The molecule has 0 aliphatic rings. The Morgan fingerprint density at radius 1 is 1.24 bits per heavy atom. The van der Waals surface area contributed by atoms with Crippen molar-refractivity contribution in [2.24, 2.45) is 0 Å². The molecule has 0 radical (unpaired) electrons. The molecule has 108 valence electrons. The first kappa shape index (κ1) is 13.7. The third-order valence-electron chi connectivity index (χ3n) is 3.36. The maximum absolute atomic E-state index is 6.31. The molecule has 0 fully saturated rings. The molecule has 1 aromatic carbocycles. The Bertz CT molecular complexity index is 718. The summed E-state index contributed by atoms with van der Waals surface area (Å²) in [7, 11) is 0. The predicted molar refractivity (Wildman–Crippen MR) is 83.8 cm³/mol. The summed E-state index contributed by atoms with van der Waals surface area (Å²) < 4.78 is 3.87. The molecule has 0 atom stereocenters. The Hall–Kier alpha value is -2.27. The molecular formula is C15H16ClN5. The molecule has 0 amide bonds. The SMILES string of the molecule is CCn1cccc1CNc1cccc(Cl)c1-n1cncn1. The van der Waals surface area contributed by atoms with Crippen molar-refractivity contribution >= 4 is 17.3 Å². The van der Waals surface area contributed by atoms with Crippen LogP contribution in [-0.2, 0) is 13.1 Å². The molecule has 5 nitrogen and oxygen atoms in total. The van der Waals surface area contributed by atoms with Crippen molar-refractivity contribution in [1.29, 1.82) is 0 Å². The number of nitrogens with one attached hydrogen (secondary N) is 1. The summed E-state index contributed by atoms with van der Waals surface area (Å²) in [6, 6.07) is 9.91. The molecule has 21 heavy (non-hydrogen) atoms. The number of nitrogens with zero attached hydrogens (tertiary/aromatic N) is 4. The largest absolute Gasteiger partial charge is 0.378 e. The summed E-state index contributed by atoms with van der Waals surface area (Å²) in [5.74, 6) is 0. The predicted octanol–water partition coefficient (Wildman–Crippen LogP) is 3.35. The lowest BCUT2D eigenvalue weighted by molar-refractivity contribution is 0.723. The first-order valence-corrected chi connectivity index (χ1v) is 7.18. The molecule has 2 aromatic heterocycles. The molecule has 3 aromatic rings. The third-order valence-corrected chi connectivity index (χ3v) is 3.66. The van der Waals surface area contributed by atoms with Crippen molar-refractivity contribution in [3.63, 3.8) is 0 Å². The molecule has 0 saturated carbocycles. The number of rotatable bonds is 5. The van der Waals surface area contributed by atoms with Crippen LogP contribution in [-0.4, -0.2) is 19.3 Å². The molecule has 2 heterocycles. The lowest BCUT2D eigenvalue weighted by Crippen LogP contribution is -2.08. The second-order valence-corrected chi connectivity index (χ2v) is 5.02. The van der Waals surface area contributed by atoms with Gasteiger partial charge in [0.05, 0.1) is 17.3 Å². The summed E-state index contributed by atoms with van der Waals surface area (Å²) in [4.78, 5) is 3.98. The smallest absolute Gasteiger partial charge is 0.138 e. The minimum Gasteiger partial charge on any atom is -0.378 e. The molecule has 0 spiro atoms. The van der Waals surface area contributed by atoms with Gasteiger partial charge in [0.25, 0.3) is 0 Å². The fraction of sp³-hybridized carbons (Fsp3) is 0.200. The van der Waals surface area contributed by atoms with Gasteiger partial charge < -0.3 is 9.88 Å². The van der Waals surface area contributed by atoms with E-state index >= 15 is 0 Å². The van der Waals surface area contributed by atoms with Crippen molar-refractivity contribution < 1.29 is 0 Å². The van der Waals surface area contributed by atoms with Gasteiger partial charge in [-0.3, -0.25) is 0 Å². The maximum Gasteiger partial charge on any atom is 0.138 e. The van der Waals surface area contributed by atoms with Crippen LogP contribution < -0.4 is 5.32 Å². The van der Waals surface area contributed by atoms with Gasteiger partial charge in [-0.25, -0.2) is 9.67 Å². The summed E-state index contributed by atoms with van der Waals surface area (Å²) >= 11 is 6.31. The second-order valence-electron chi connectivity index (χ2n) is 4.62. The van der Waals surface area contributed by atoms with Crippen molar-refractivity contribution in [3.05, 3.63) is 59.9 Å². The number of aromatic nitrogens is 4. The number of hydrogen-bond donors (Lipinski definition) is 1. The molecule has 1 N–H and O–H groups in total.